The summed E-state index contributed by atoms with van der Waals surface area (Å²) < 4.78 is 19.3. The van der Waals surface area contributed by atoms with E-state index >= 15 is 0 Å². The third kappa shape index (κ3) is 3.76. The Kier molecular flexibility index (Phi) is 5.63. The van der Waals surface area contributed by atoms with E-state index in [1.165, 1.54) is 0 Å². The Morgan fingerprint density at radius 2 is 1.70 bits per heavy atom. The van der Waals surface area contributed by atoms with Crippen LogP contribution in [0.5, 0.6) is 0 Å². The van der Waals surface area contributed by atoms with Crippen molar-refractivity contribution >= 4 is 39.6 Å². The van der Waals surface area contributed by atoms with Crippen LogP contribution in [0, 0.1) is 0 Å². The first-order valence-corrected chi connectivity index (χ1v) is 6.45. The minimum absolute atomic E-state index is 0.674. The van der Waals surface area contributed by atoms with E-state index in [0.717, 1.165) is 21.0 Å². The van der Waals surface area contributed by atoms with Gasteiger partial charge in [0.05, 0.1) is 7.11 Å². The van der Waals surface area contributed by atoms with Crippen molar-refractivity contribution in [3.8, 4) is 0 Å². The second-order valence-electron chi connectivity index (χ2n) is 3.90. The molecule has 0 amide bonds. The van der Waals surface area contributed by atoms with Gasteiger partial charge < -0.3 is 18.9 Å². The molecule has 1 saturated heterocycles. The minimum Gasteiger partial charge on any atom is -0.467 e. The van der Waals surface area contributed by atoms with E-state index in [1.54, 1.807) is 0 Å². The molecule has 0 aromatic heterocycles. The van der Waals surface area contributed by atoms with Gasteiger partial charge in [-0.3, -0.25) is 14.4 Å². The first-order valence-electron chi connectivity index (χ1n) is 5.53. The smallest absolute Gasteiger partial charge is 0.339 e. The highest BCUT2D eigenvalue weighted by molar-refractivity contribution is 9.09. The highest BCUT2D eigenvalue weighted by Crippen LogP contribution is 2.26. The van der Waals surface area contributed by atoms with Crippen molar-refractivity contribution in [2.75, 3.05) is 7.11 Å². The molecule has 112 valence electrons. The molecule has 0 aliphatic carbocycles. The number of Topliss-reactive ketones (excluding diaryl/α,β-unsaturated/α-hetero) is 1. The summed E-state index contributed by atoms with van der Waals surface area (Å²) >= 11 is 2.90. The van der Waals surface area contributed by atoms with Crippen LogP contribution in [-0.2, 0) is 38.1 Å². The monoisotopic (exact) mass is 352 g/mol. The summed E-state index contributed by atoms with van der Waals surface area (Å²) in [5.74, 6) is -3.05. The van der Waals surface area contributed by atoms with Crippen LogP contribution in [0.3, 0.4) is 0 Å². The number of carbonyl (C=O) groups excluding carboxylic acids is 4. The van der Waals surface area contributed by atoms with Crippen molar-refractivity contribution in [2.45, 2.75) is 37.2 Å². The van der Waals surface area contributed by atoms with Crippen LogP contribution >= 0.6 is 15.9 Å². The maximum atomic E-state index is 11.9. The summed E-state index contributed by atoms with van der Waals surface area (Å²) in [6.07, 6.45) is -4.22. The molecule has 4 atom stereocenters. The Morgan fingerprint density at radius 1 is 1.15 bits per heavy atom. The van der Waals surface area contributed by atoms with Gasteiger partial charge in [0, 0.05) is 13.8 Å². The molecule has 0 N–H and O–H groups in total. The zero-order valence-corrected chi connectivity index (χ0v) is 12.5. The summed E-state index contributed by atoms with van der Waals surface area (Å²) in [5, 5.41) is -1.18. The Morgan fingerprint density at radius 3 is 2.15 bits per heavy atom. The van der Waals surface area contributed by atoms with Crippen molar-refractivity contribution in [3.63, 3.8) is 0 Å². The van der Waals surface area contributed by atoms with Crippen molar-refractivity contribution in [1.29, 1.82) is 0 Å². The van der Waals surface area contributed by atoms with Crippen LogP contribution in [0.2, 0.25) is 0 Å². The second kappa shape index (κ2) is 6.80. The number of methoxy groups -OCH3 is 1. The lowest BCUT2D eigenvalue weighted by atomic mass is 10.0. The van der Waals surface area contributed by atoms with E-state index in [4.69, 9.17) is 14.2 Å². The number of halogens is 1. The molecular weight excluding hydrogens is 340 g/mol. The Balaban J connectivity index is 3.10. The van der Waals surface area contributed by atoms with Gasteiger partial charge in [-0.2, -0.15) is 0 Å². The molecule has 1 heterocycles. The molecule has 20 heavy (non-hydrogen) atoms. The van der Waals surface area contributed by atoms with Gasteiger partial charge in [-0.1, -0.05) is 0 Å². The van der Waals surface area contributed by atoms with Crippen molar-refractivity contribution in [3.05, 3.63) is 0 Å². The fourth-order valence-electron chi connectivity index (χ4n) is 1.65. The molecule has 1 aliphatic rings. The maximum absolute atomic E-state index is 11.9. The molecule has 1 fully saturated rings. The standard InChI is InChI=1S/C11H13BrO8/c1-4(13)18-7-6(15)10(12)20-9(11(16)17-3)8(7)19-5(2)14/h7-10H,1-3H3/t7-,8+,9+,10+/m1/s1. The lowest BCUT2D eigenvalue weighted by Gasteiger charge is -2.36. The number of alkyl halides is 1. The molecule has 0 aromatic rings. The van der Waals surface area contributed by atoms with E-state index in [-0.39, 0.29) is 0 Å². The Hall–Kier alpha value is -1.48. The summed E-state index contributed by atoms with van der Waals surface area (Å²) in [6, 6.07) is 0. The Bertz CT molecular complexity index is 434. The molecule has 1 aliphatic heterocycles. The van der Waals surface area contributed by atoms with Gasteiger partial charge in [-0.05, 0) is 15.9 Å². The summed E-state index contributed by atoms with van der Waals surface area (Å²) in [7, 11) is 1.11. The van der Waals surface area contributed by atoms with E-state index in [1.807, 2.05) is 0 Å². The average molecular weight is 353 g/mol. The second-order valence-corrected chi connectivity index (χ2v) is 4.73. The van der Waals surface area contributed by atoms with Crippen LogP contribution in [0.15, 0.2) is 0 Å². The van der Waals surface area contributed by atoms with Crippen molar-refractivity contribution in [1.82, 2.24) is 0 Å². The van der Waals surface area contributed by atoms with Crippen LogP contribution in [-0.4, -0.2) is 54.1 Å². The summed E-state index contributed by atoms with van der Waals surface area (Å²) in [6.45, 7) is 2.17. The third-order valence-electron chi connectivity index (χ3n) is 2.40. The van der Waals surface area contributed by atoms with E-state index in [2.05, 4.69) is 20.7 Å². The maximum Gasteiger partial charge on any atom is 0.339 e. The number of carbonyl (C=O) groups is 4. The normalized spacial score (nSPS) is 29.5. The predicted octanol–water partition coefficient (Wildman–Crippen LogP) is -0.288. The van der Waals surface area contributed by atoms with E-state index in [0.29, 0.717) is 0 Å². The summed E-state index contributed by atoms with van der Waals surface area (Å²) in [5.41, 5.74) is 0. The van der Waals surface area contributed by atoms with Gasteiger partial charge in [0.2, 0.25) is 11.9 Å². The Labute approximate surface area is 122 Å². The molecule has 8 nitrogen and oxygen atoms in total. The lowest BCUT2D eigenvalue weighted by molar-refractivity contribution is -0.204. The van der Waals surface area contributed by atoms with Gasteiger partial charge in [0.25, 0.3) is 0 Å². The fourth-order valence-corrected chi connectivity index (χ4v) is 2.14. The zero-order chi connectivity index (χ0) is 15.4. The van der Waals surface area contributed by atoms with E-state index in [9.17, 15) is 19.2 Å². The van der Waals surface area contributed by atoms with Crippen LogP contribution < -0.4 is 0 Å². The lowest BCUT2D eigenvalue weighted by Crippen LogP contribution is -2.59. The van der Waals surface area contributed by atoms with Crippen molar-refractivity contribution < 1.29 is 38.1 Å². The number of hydrogen-bond acceptors (Lipinski definition) is 8. The third-order valence-corrected chi connectivity index (χ3v) is 3.06. The summed E-state index contributed by atoms with van der Waals surface area (Å²) in [4.78, 5) is 45.7. The number of rotatable bonds is 3. The van der Waals surface area contributed by atoms with Gasteiger partial charge >= 0.3 is 17.9 Å². The average Bonchev–Trinajstić information content (AvgIpc) is 2.36. The number of hydrogen-bond donors (Lipinski definition) is 0. The molecule has 0 aromatic carbocycles. The molecule has 9 heteroatoms. The molecular formula is C11H13BrO8. The highest BCUT2D eigenvalue weighted by Gasteiger charge is 2.51. The largest absolute Gasteiger partial charge is 0.467 e. The topological polar surface area (TPSA) is 105 Å². The zero-order valence-electron chi connectivity index (χ0n) is 11.0. The van der Waals surface area contributed by atoms with Crippen molar-refractivity contribution in [2.24, 2.45) is 0 Å². The first-order chi connectivity index (χ1) is 9.27. The van der Waals surface area contributed by atoms with Gasteiger partial charge in [-0.25, -0.2) is 4.79 Å². The molecule has 0 radical (unpaired) electrons. The van der Waals surface area contributed by atoms with Crippen LogP contribution in [0.1, 0.15) is 13.8 Å². The SMILES string of the molecule is COC(=O)[C@H]1O[C@H](Br)C(=O)[C@@H](OC(C)=O)[C@@H]1OC(C)=O. The van der Waals surface area contributed by atoms with Crippen LogP contribution in [0.25, 0.3) is 0 Å². The molecule has 0 spiro atoms. The highest BCUT2D eigenvalue weighted by atomic mass is 79.9. The van der Waals surface area contributed by atoms with E-state index < -0.39 is 47.0 Å². The number of ketones is 1. The molecule has 0 bridgehead atoms. The molecule has 1 rings (SSSR count). The predicted molar refractivity (Wildman–Crippen MR) is 65.7 cm³/mol. The number of esters is 3. The van der Waals surface area contributed by atoms with Gasteiger partial charge in [-0.15, -0.1) is 0 Å². The number of ether oxygens (including phenoxy) is 4. The van der Waals surface area contributed by atoms with Gasteiger partial charge in [0.1, 0.15) is 0 Å². The quantitative estimate of drug-likeness (QED) is 0.387. The van der Waals surface area contributed by atoms with Gasteiger partial charge in [0.15, 0.2) is 17.2 Å². The molecule has 0 unspecified atom stereocenters. The fraction of sp³-hybridized carbons (Fsp3) is 0.636. The molecule has 0 saturated carbocycles. The van der Waals surface area contributed by atoms with Crippen LogP contribution in [0.4, 0.5) is 0 Å². The minimum atomic E-state index is -1.45. The first kappa shape index (κ1) is 16.6.